The van der Waals surface area contributed by atoms with E-state index in [4.69, 9.17) is 10.00 Å². The van der Waals surface area contributed by atoms with Crippen molar-refractivity contribution in [1.29, 1.82) is 5.26 Å². The number of nitrogens with zero attached hydrogens (tertiary/aromatic N) is 3. The Bertz CT molecular complexity index is 1260. The van der Waals surface area contributed by atoms with Gasteiger partial charge < -0.3 is 9.64 Å². The van der Waals surface area contributed by atoms with Crippen LogP contribution in [0.1, 0.15) is 5.56 Å². The number of hydrogen-bond acceptors (Lipinski definition) is 5. The largest absolute Gasteiger partial charge is 0.487 e. The van der Waals surface area contributed by atoms with Crippen LogP contribution in [0.2, 0.25) is 0 Å². The van der Waals surface area contributed by atoms with E-state index in [-0.39, 0.29) is 23.5 Å². The fourth-order valence-electron chi connectivity index (χ4n) is 3.40. The Morgan fingerprint density at radius 3 is 2.45 bits per heavy atom. The van der Waals surface area contributed by atoms with Gasteiger partial charge in [-0.15, -0.1) is 0 Å². The summed E-state index contributed by atoms with van der Waals surface area (Å²) >= 11 is 0. The van der Waals surface area contributed by atoms with Crippen molar-refractivity contribution in [2.75, 3.05) is 26.7 Å². The molecule has 31 heavy (non-hydrogen) atoms. The quantitative estimate of drug-likeness (QED) is 0.594. The first-order valence-corrected chi connectivity index (χ1v) is 11.2. The van der Waals surface area contributed by atoms with Gasteiger partial charge in [-0.05, 0) is 47.2 Å². The number of amides is 1. The lowest BCUT2D eigenvalue weighted by atomic mass is 10.1. The minimum atomic E-state index is -3.78. The molecule has 1 fully saturated rings. The average Bonchev–Trinajstić information content (AvgIpc) is 2.75. The van der Waals surface area contributed by atoms with Crippen molar-refractivity contribution >= 4 is 26.7 Å². The molecule has 0 atom stereocenters. The smallest absolute Gasteiger partial charge is 0.243 e. The molecule has 0 N–H and O–H groups in total. The van der Waals surface area contributed by atoms with Crippen LogP contribution in [0.25, 0.3) is 10.8 Å². The van der Waals surface area contributed by atoms with Crippen molar-refractivity contribution in [2.45, 2.75) is 11.0 Å². The van der Waals surface area contributed by atoms with Crippen LogP contribution in [0.15, 0.2) is 71.6 Å². The highest BCUT2D eigenvalue weighted by Gasteiger charge is 2.34. The predicted molar refractivity (Wildman–Crippen MR) is 116 cm³/mol. The molecule has 3 aromatic carbocycles. The zero-order valence-corrected chi connectivity index (χ0v) is 17.7. The summed E-state index contributed by atoms with van der Waals surface area (Å²) in [5.74, 6) is 0.360. The van der Waals surface area contributed by atoms with Gasteiger partial charge in [0.2, 0.25) is 15.9 Å². The Morgan fingerprint density at radius 2 is 1.77 bits per heavy atom. The highest BCUT2D eigenvalue weighted by molar-refractivity contribution is 7.89. The van der Waals surface area contributed by atoms with E-state index in [1.54, 1.807) is 47.4 Å². The van der Waals surface area contributed by atoms with Crippen molar-refractivity contribution in [3.63, 3.8) is 0 Å². The van der Waals surface area contributed by atoms with Gasteiger partial charge in [0, 0.05) is 7.05 Å². The molecule has 0 unspecified atom stereocenters. The molecule has 0 aromatic heterocycles. The van der Waals surface area contributed by atoms with Crippen molar-refractivity contribution in [3.05, 3.63) is 72.3 Å². The van der Waals surface area contributed by atoms with Crippen LogP contribution < -0.4 is 4.74 Å². The molecule has 0 spiro atoms. The number of ether oxygens (including phenoxy) is 1. The Balaban J connectivity index is 1.34. The number of rotatable bonds is 6. The third kappa shape index (κ3) is 4.38. The van der Waals surface area contributed by atoms with Gasteiger partial charge in [-0.25, -0.2) is 8.42 Å². The summed E-state index contributed by atoms with van der Waals surface area (Å²) in [6.45, 7) is 0.546. The monoisotopic (exact) mass is 435 g/mol. The molecule has 7 nitrogen and oxygen atoms in total. The van der Waals surface area contributed by atoms with E-state index >= 15 is 0 Å². The number of carbonyl (C=O) groups is 1. The van der Waals surface area contributed by atoms with Crippen molar-refractivity contribution < 1.29 is 17.9 Å². The normalized spacial score (nSPS) is 14.3. The molecular formula is C23H21N3O4S. The van der Waals surface area contributed by atoms with Crippen LogP contribution in [0.5, 0.6) is 5.75 Å². The van der Waals surface area contributed by atoms with Gasteiger partial charge in [-0.1, -0.05) is 30.3 Å². The molecule has 0 aliphatic carbocycles. The summed E-state index contributed by atoms with van der Waals surface area (Å²) in [6.07, 6.45) is -0.153. The number of nitriles is 1. The SMILES string of the molecule is CN(CC(=O)N1CC(Oc2ccc(C#N)cc2)C1)S(=O)(=O)c1ccc2ccccc2c1. The molecule has 0 saturated carbocycles. The molecule has 0 bridgehead atoms. The number of fused-ring (bicyclic) bond motifs is 1. The van der Waals surface area contributed by atoms with Crippen molar-refractivity contribution in [2.24, 2.45) is 0 Å². The number of hydrogen-bond donors (Lipinski definition) is 0. The van der Waals surface area contributed by atoms with Crippen molar-refractivity contribution in [3.8, 4) is 11.8 Å². The van der Waals surface area contributed by atoms with E-state index in [1.165, 1.54) is 7.05 Å². The van der Waals surface area contributed by atoms with Crippen molar-refractivity contribution in [1.82, 2.24) is 9.21 Å². The van der Waals surface area contributed by atoms with Gasteiger partial charge in [0.15, 0.2) is 0 Å². The van der Waals surface area contributed by atoms with Crippen LogP contribution in [-0.4, -0.2) is 56.3 Å². The molecule has 1 saturated heterocycles. The fraction of sp³-hybridized carbons (Fsp3) is 0.217. The first-order chi connectivity index (χ1) is 14.9. The molecular weight excluding hydrogens is 414 g/mol. The van der Waals surface area contributed by atoms with E-state index < -0.39 is 10.0 Å². The lowest BCUT2D eigenvalue weighted by Crippen LogP contribution is -2.58. The first kappa shape index (κ1) is 20.8. The Kier molecular flexibility index (Phi) is 5.63. The molecule has 3 aromatic rings. The standard InChI is InChI=1S/C23H21N3O4S/c1-25(31(28,29)22-11-8-18-4-2-3-5-19(18)12-22)16-23(27)26-14-21(15-26)30-20-9-6-17(13-24)7-10-20/h2-12,21H,14-16H2,1H3. The van der Waals surface area contributed by atoms with Crippen LogP contribution in [0, 0.1) is 11.3 Å². The summed E-state index contributed by atoms with van der Waals surface area (Å²) in [4.78, 5) is 14.3. The minimum absolute atomic E-state index is 0.153. The van der Waals surface area contributed by atoms with Crippen LogP contribution in [0.3, 0.4) is 0 Å². The van der Waals surface area contributed by atoms with E-state index in [0.29, 0.717) is 24.4 Å². The van der Waals surface area contributed by atoms with Gasteiger partial charge in [0.05, 0.1) is 36.2 Å². The maximum atomic E-state index is 12.9. The number of likely N-dealkylation sites (N-methyl/N-ethyl adjacent to an activating group) is 1. The lowest BCUT2D eigenvalue weighted by Gasteiger charge is -2.39. The summed E-state index contributed by atoms with van der Waals surface area (Å²) in [5, 5.41) is 10.6. The Labute approximate surface area is 181 Å². The number of sulfonamides is 1. The summed E-state index contributed by atoms with van der Waals surface area (Å²) in [7, 11) is -2.37. The highest BCUT2D eigenvalue weighted by atomic mass is 32.2. The molecule has 1 heterocycles. The summed E-state index contributed by atoms with van der Waals surface area (Å²) < 4.78 is 32.7. The fourth-order valence-corrected chi connectivity index (χ4v) is 4.56. The summed E-state index contributed by atoms with van der Waals surface area (Å²) in [5.41, 5.74) is 0.549. The van der Waals surface area contributed by atoms with E-state index in [1.807, 2.05) is 30.3 Å². The van der Waals surface area contributed by atoms with E-state index in [2.05, 4.69) is 0 Å². The zero-order valence-electron chi connectivity index (χ0n) is 16.9. The van der Waals surface area contributed by atoms with Gasteiger partial charge in [0.1, 0.15) is 11.9 Å². The topological polar surface area (TPSA) is 90.7 Å². The van der Waals surface area contributed by atoms with E-state index in [0.717, 1.165) is 15.1 Å². The number of likely N-dealkylation sites (tertiary alicyclic amines) is 1. The van der Waals surface area contributed by atoms with Gasteiger partial charge in [-0.2, -0.15) is 9.57 Å². The third-order valence-electron chi connectivity index (χ3n) is 5.27. The predicted octanol–water partition coefficient (Wildman–Crippen LogP) is 2.62. The summed E-state index contributed by atoms with van der Waals surface area (Å²) in [6, 6.07) is 21.3. The first-order valence-electron chi connectivity index (χ1n) is 9.76. The van der Waals surface area contributed by atoms with Crippen LogP contribution >= 0.6 is 0 Å². The van der Waals surface area contributed by atoms with Crippen LogP contribution in [0.4, 0.5) is 0 Å². The second-order valence-electron chi connectivity index (χ2n) is 7.44. The van der Waals surface area contributed by atoms with Gasteiger partial charge in [-0.3, -0.25) is 4.79 Å². The second kappa shape index (κ2) is 8.38. The molecule has 4 rings (SSSR count). The molecule has 158 valence electrons. The Hall–Kier alpha value is -3.41. The Morgan fingerprint density at radius 1 is 1.10 bits per heavy atom. The highest BCUT2D eigenvalue weighted by Crippen LogP contribution is 2.22. The second-order valence-corrected chi connectivity index (χ2v) is 9.49. The van der Waals surface area contributed by atoms with Gasteiger partial charge >= 0.3 is 0 Å². The maximum absolute atomic E-state index is 12.9. The van der Waals surface area contributed by atoms with E-state index in [9.17, 15) is 13.2 Å². The van der Waals surface area contributed by atoms with Gasteiger partial charge in [0.25, 0.3) is 0 Å². The number of carbonyl (C=O) groups excluding carboxylic acids is 1. The average molecular weight is 436 g/mol. The number of benzene rings is 3. The third-order valence-corrected chi connectivity index (χ3v) is 7.07. The molecule has 1 aliphatic heterocycles. The molecule has 8 heteroatoms. The lowest BCUT2D eigenvalue weighted by molar-refractivity contribution is -0.139. The molecule has 1 amide bonds. The van der Waals surface area contributed by atoms with Crippen LogP contribution in [-0.2, 0) is 14.8 Å². The minimum Gasteiger partial charge on any atom is -0.487 e. The molecule has 1 aliphatic rings. The zero-order chi connectivity index (χ0) is 22.0. The molecule has 0 radical (unpaired) electrons. The maximum Gasteiger partial charge on any atom is 0.243 e.